The molecule has 0 aliphatic carbocycles. The molecule has 1 aromatic heterocycles. The van der Waals surface area contributed by atoms with E-state index in [9.17, 15) is 10.1 Å². The minimum absolute atomic E-state index is 0.0752. The summed E-state index contributed by atoms with van der Waals surface area (Å²) in [5.74, 6) is 0.557. The van der Waals surface area contributed by atoms with Crippen LogP contribution in [0.15, 0.2) is 18.2 Å². The summed E-state index contributed by atoms with van der Waals surface area (Å²) in [4.78, 5) is 10.4. The van der Waals surface area contributed by atoms with E-state index < -0.39 is 4.92 Å². The Hall–Kier alpha value is -2.06. The Morgan fingerprint density at radius 3 is 2.76 bits per heavy atom. The van der Waals surface area contributed by atoms with Crippen molar-refractivity contribution < 1.29 is 4.92 Å². The Kier molecular flexibility index (Phi) is 4.19. The van der Waals surface area contributed by atoms with Gasteiger partial charge in [0.15, 0.2) is 5.82 Å². The summed E-state index contributed by atoms with van der Waals surface area (Å²) in [5.41, 5.74) is 0.212. The van der Waals surface area contributed by atoms with Crippen LogP contribution >= 0.6 is 11.6 Å². The maximum atomic E-state index is 10.9. The van der Waals surface area contributed by atoms with Gasteiger partial charge >= 0.3 is 0 Å². The van der Waals surface area contributed by atoms with Crippen LogP contribution in [-0.4, -0.2) is 30.7 Å². The molecule has 1 heterocycles. The van der Waals surface area contributed by atoms with Gasteiger partial charge in [-0.3, -0.25) is 10.1 Å². The van der Waals surface area contributed by atoms with Crippen LogP contribution in [0.1, 0.15) is 26.6 Å². The zero-order valence-electron chi connectivity index (χ0n) is 11.9. The Labute approximate surface area is 126 Å². The number of nitro benzene ring substituents is 1. The van der Waals surface area contributed by atoms with Crippen LogP contribution in [0.3, 0.4) is 0 Å². The molecule has 112 valence electrons. The number of tetrazole rings is 1. The lowest BCUT2D eigenvalue weighted by Crippen LogP contribution is -2.35. The fourth-order valence-electron chi connectivity index (χ4n) is 1.63. The van der Waals surface area contributed by atoms with Gasteiger partial charge < -0.3 is 5.32 Å². The molecule has 0 fully saturated rings. The van der Waals surface area contributed by atoms with Crippen LogP contribution in [0.25, 0.3) is 5.69 Å². The highest BCUT2D eigenvalue weighted by molar-refractivity contribution is 6.32. The van der Waals surface area contributed by atoms with Gasteiger partial charge in [-0.25, -0.2) is 0 Å². The number of aromatic nitrogens is 4. The van der Waals surface area contributed by atoms with Crippen molar-refractivity contribution in [3.05, 3.63) is 39.2 Å². The highest BCUT2D eigenvalue weighted by Crippen LogP contribution is 2.26. The van der Waals surface area contributed by atoms with Crippen LogP contribution in [0.4, 0.5) is 5.69 Å². The Morgan fingerprint density at radius 2 is 2.14 bits per heavy atom. The highest BCUT2D eigenvalue weighted by Gasteiger charge is 2.17. The number of rotatable bonds is 4. The molecule has 8 nitrogen and oxygen atoms in total. The molecule has 1 aromatic carbocycles. The van der Waals surface area contributed by atoms with E-state index in [2.05, 4.69) is 20.8 Å². The SMILES string of the molecule is CC(C)(C)NCc1nnnn1-c1ccc(Cl)c([N+](=O)[O-])c1. The molecule has 9 heteroatoms. The summed E-state index contributed by atoms with van der Waals surface area (Å²) in [7, 11) is 0. The smallest absolute Gasteiger partial charge is 0.290 e. The second-order valence-corrected chi connectivity index (χ2v) is 5.91. The zero-order chi connectivity index (χ0) is 15.6. The number of halogens is 1. The van der Waals surface area contributed by atoms with E-state index in [1.807, 2.05) is 20.8 Å². The molecule has 1 N–H and O–H groups in total. The molecule has 0 aliphatic rings. The van der Waals surface area contributed by atoms with Crippen molar-refractivity contribution in [2.45, 2.75) is 32.9 Å². The molecule has 0 amide bonds. The third-order valence-electron chi connectivity index (χ3n) is 2.68. The molecule has 0 saturated carbocycles. The highest BCUT2D eigenvalue weighted by atomic mass is 35.5. The van der Waals surface area contributed by atoms with Gasteiger partial charge in [-0.05, 0) is 43.3 Å². The minimum Gasteiger partial charge on any atom is -0.305 e. The predicted octanol–water partition coefficient (Wildman–Crippen LogP) is 2.11. The lowest BCUT2D eigenvalue weighted by molar-refractivity contribution is -0.384. The lowest BCUT2D eigenvalue weighted by Gasteiger charge is -2.19. The first-order valence-corrected chi connectivity index (χ1v) is 6.62. The van der Waals surface area contributed by atoms with Crippen molar-refractivity contribution in [3.63, 3.8) is 0 Å². The maximum absolute atomic E-state index is 10.9. The van der Waals surface area contributed by atoms with Crippen molar-refractivity contribution in [2.75, 3.05) is 0 Å². The van der Waals surface area contributed by atoms with E-state index in [-0.39, 0.29) is 16.2 Å². The molecule has 21 heavy (non-hydrogen) atoms. The zero-order valence-corrected chi connectivity index (χ0v) is 12.6. The quantitative estimate of drug-likeness (QED) is 0.686. The molecule has 0 unspecified atom stereocenters. The fourth-order valence-corrected chi connectivity index (χ4v) is 1.82. The molecular formula is C12H15ClN6O2. The molecule has 2 rings (SSSR count). The number of nitrogens with one attached hydrogen (secondary N) is 1. The maximum Gasteiger partial charge on any atom is 0.290 e. The molecule has 0 bridgehead atoms. The Bertz CT molecular complexity index is 664. The number of nitro groups is 1. The van der Waals surface area contributed by atoms with E-state index in [0.717, 1.165) is 0 Å². The summed E-state index contributed by atoms with van der Waals surface area (Å²) in [6.45, 7) is 6.50. The summed E-state index contributed by atoms with van der Waals surface area (Å²) >= 11 is 5.80. The van der Waals surface area contributed by atoms with Crippen molar-refractivity contribution >= 4 is 17.3 Å². The lowest BCUT2D eigenvalue weighted by atomic mass is 10.1. The molecule has 0 spiro atoms. The third-order valence-corrected chi connectivity index (χ3v) is 3.00. The van der Waals surface area contributed by atoms with Crippen molar-refractivity contribution in [2.24, 2.45) is 0 Å². The van der Waals surface area contributed by atoms with E-state index in [1.54, 1.807) is 6.07 Å². The summed E-state index contributed by atoms with van der Waals surface area (Å²) < 4.78 is 1.45. The summed E-state index contributed by atoms with van der Waals surface area (Å²) in [6.07, 6.45) is 0. The topological polar surface area (TPSA) is 98.8 Å². The fraction of sp³-hybridized carbons (Fsp3) is 0.417. The minimum atomic E-state index is -0.538. The van der Waals surface area contributed by atoms with Crippen LogP contribution in [0.5, 0.6) is 0 Å². The van der Waals surface area contributed by atoms with E-state index >= 15 is 0 Å². The third kappa shape index (κ3) is 3.73. The molecule has 2 aromatic rings. The number of hydrogen-bond acceptors (Lipinski definition) is 6. The second-order valence-electron chi connectivity index (χ2n) is 5.50. The first-order valence-electron chi connectivity index (χ1n) is 6.24. The van der Waals surface area contributed by atoms with Gasteiger partial charge in [0, 0.05) is 11.6 Å². The molecular weight excluding hydrogens is 296 g/mol. The first kappa shape index (κ1) is 15.3. The number of hydrogen-bond donors (Lipinski definition) is 1. The van der Waals surface area contributed by atoms with Gasteiger partial charge in [-0.2, -0.15) is 4.68 Å². The molecule has 0 radical (unpaired) electrons. The summed E-state index contributed by atoms with van der Waals surface area (Å²) in [5, 5.41) is 25.7. The monoisotopic (exact) mass is 310 g/mol. The average Bonchev–Trinajstić information content (AvgIpc) is 2.84. The normalized spacial score (nSPS) is 11.6. The summed E-state index contributed by atoms with van der Waals surface area (Å²) in [6, 6.07) is 4.43. The molecule has 0 saturated heterocycles. The largest absolute Gasteiger partial charge is 0.305 e. The van der Waals surface area contributed by atoms with Crippen LogP contribution in [-0.2, 0) is 6.54 Å². The van der Waals surface area contributed by atoms with Crippen LogP contribution in [0.2, 0.25) is 5.02 Å². The van der Waals surface area contributed by atoms with Gasteiger partial charge in [-0.1, -0.05) is 11.6 Å². The molecule has 0 aliphatic heterocycles. The van der Waals surface area contributed by atoms with E-state index in [4.69, 9.17) is 11.6 Å². The Balaban J connectivity index is 2.33. The van der Waals surface area contributed by atoms with Crippen molar-refractivity contribution in [1.29, 1.82) is 0 Å². The van der Waals surface area contributed by atoms with Crippen LogP contribution < -0.4 is 5.32 Å². The van der Waals surface area contributed by atoms with Crippen molar-refractivity contribution in [3.8, 4) is 5.69 Å². The van der Waals surface area contributed by atoms with E-state index in [0.29, 0.717) is 18.1 Å². The predicted molar refractivity (Wildman–Crippen MR) is 77.4 cm³/mol. The standard InChI is InChI=1S/C12H15ClN6O2/c1-12(2,3)14-7-11-15-16-17-18(11)8-4-5-9(13)10(6-8)19(20)21/h4-6,14H,7H2,1-3H3. The van der Waals surface area contributed by atoms with Gasteiger partial charge in [0.2, 0.25) is 0 Å². The van der Waals surface area contributed by atoms with E-state index in [1.165, 1.54) is 16.8 Å². The Morgan fingerprint density at radius 1 is 1.43 bits per heavy atom. The van der Waals surface area contributed by atoms with Gasteiger partial charge in [0.05, 0.1) is 17.2 Å². The van der Waals surface area contributed by atoms with Crippen molar-refractivity contribution in [1.82, 2.24) is 25.5 Å². The van der Waals surface area contributed by atoms with Gasteiger partial charge in [-0.15, -0.1) is 5.10 Å². The second kappa shape index (κ2) is 5.74. The number of nitrogens with zero attached hydrogens (tertiary/aromatic N) is 5. The van der Waals surface area contributed by atoms with Gasteiger partial charge in [0.1, 0.15) is 5.02 Å². The van der Waals surface area contributed by atoms with Gasteiger partial charge in [0.25, 0.3) is 5.69 Å². The first-order chi connectivity index (χ1) is 9.78. The number of benzene rings is 1. The molecule has 0 atom stereocenters. The van der Waals surface area contributed by atoms with Crippen LogP contribution in [0, 0.1) is 10.1 Å². The average molecular weight is 311 g/mol.